The highest BCUT2D eigenvalue weighted by Crippen LogP contribution is 2.31. The first-order chi connectivity index (χ1) is 18.5. The summed E-state index contributed by atoms with van der Waals surface area (Å²) in [7, 11) is 0. The summed E-state index contributed by atoms with van der Waals surface area (Å²) in [6, 6.07) is 26.8. The van der Waals surface area contributed by atoms with Crippen LogP contribution in [0.3, 0.4) is 0 Å². The third-order valence-electron chi connectivity index (χ3n) is 6.31. The summed E-state index contributed by atoms with van der Waals surface area (Å²) < 4.78 is 23.5. The van der Waals surface area contributed by atoms with Crippen LogP contribution < -0.4 is 0 Å². The lowest BCUT2D eigenvalue weighted by molar-refractivity contribution is -0.0690. The number of aliphatic hydroxyl groups excluding tert-OH is 1. The van der Waals surface area contributed by atoms with Gasteiger partial charge < -0.3 is 24.1 Å². The van der Waals surface area contributed by atoms with E-state index in [4.69, 9.17) is 18.9 Å². The highest BCUT2D eigenvalue weighted by atomic mass is 16.6. The molecular formula is C31H32O7. The van der Waals surface area contributed by atoms with Gasteiger partial charge >= 0.3 is 11.9 Å². The first-order valence-corrected chi connectivity index (χ1v) is 12.6. The molecule has 0 radical (unpaired) electrons. The van der Waals surface area contributed by atoms with Crippen molar-refractivity contribution in [1.82, 2.24) is 0 Å². The molecule has 1 saturated heterocycles. The Balaban J connectivity index is 1.49. The number of aliphatic hydroxyl groups is 1. The van der Waals surface area contributed by atoms with E-state index in [2.05, 4.69) is 6.58 Å². The molecule has 7 nitrogen and oxygen atoms in total. The number of hydrogen-bond donors (Lipinski definition) is 1. The Morgan fingerprint density at radius 2 is 1.45 bits per heavy atom. The molecule has 0 aliphatic carbocycles. The molecule has 1 unspecified atom stereocenters. The molecule has 7 heteroatoms. The third-order valence-corrected chi connectivity index (χ3v) is 6.31. The van der Waals surface area contributed by atoms with E-state index < -0.39 is 42.5 Å². The summed E-state index contributed by atoms with van der Waals surface area (Å²) in [5.74, 6) is -1.07. The smallest absolute Gasteiger partial charge is 0.338 e. The maximum atomic E-state index is 12.9. The Morgan fingerprint density at radius 3 is 2.05 bits per heavy atom. The van der Waals surface area contributed by atoms with Gasteiger partial charge in [-0.15, -0.1) is 6.58 Å². The van der Waals surface area contributed by atoms with Crippen molar-refractivity contribution in [3.8, 4) is 0 Å². The van der Waals surface area contributed by atoms with E-state index in [1.807, 2.05) is 30.3 Å². The second-order valence-electron chi connectivity index (χ2n) is 9.08. The third kappa shape index (κ3) is 7.38. The molecule has 1 fully saturated rings. The summed E-state index contributed by atoms with van der Waals surface area (Å²) in [6.07, 6.45) is -1.28. The van der Waals surface area contributed by atoms with Crippen molar-refractivity contribution in [1.29, 1.82) is 0 Å². The maximum absolute atomic E-state index is 12.9. The molecule has 1 aliphatic rings. The number of rotatable bonds is 12. The Kier molecular flexibility index (Phi) is 9.81. The van der Waals surface area contributed by atoms with Crippen LogP contribution in [0.15, 0.2) is 104 Å². The van der Waals surface area contributed by atoms with Crippen molar-refractivity contribution in [2.45, 2.75) is 50.0 Å². The van der Waals surface area contributed by atoms with E-state index in [-0.39, 0.29) is 19.6 Å². The van der Waals surface area contributed by atoms with Crippen LogP contribution in [0.1, 0.15) is 39.1 Å². The van der Waals surface area contributed by atoms with Gasteiger partial charge in [-0.1, -0.05) is 72.8 Å². The summed E-state index contributed by atoms with van der Waals surface area (Å²) in [4.78, 5) is 25.5. The number of hydrogen-bond acceptors (Lipinski definition) is 7. The summed E-state index contributed by atoms with van der Waals surface area (Å²) in [5, 5.41) is 11.0. The number of carbonyl (C=O) groups excluding carboxylic acids is 2. The second-order valence-corrected chi connectivity index (χ2v) is 9.08. The molecule has 0 amide bonds. The number of ether oxygens (including phenoxy) is 4. The molecule has 3 aromatic rings. The summed E-state index contributed by atoms with van der Waals surface area (Å²) in [5.41, 5.74) is 1.72. The lowest BCUT2D eigenvalue weighted by Gasteiger charge is -2.25. The van der Waals surface area contributed by atoms with Crippen LogP contribution in [0, 0.1) is 0 Å². The van der Waals surface area contributed by atoms with Gasteiger partial charge in [0.2, 0.25) is 0 Å². The van der Waals surface area contributed by atoms with E-state index in [1.165, 1.54) is 0 Å². The molecule has 1 heterocycles. The SMILES string of the molecule is C=CC[C@@H]1O[C@H](C[C@@H](COC(=O)c2ccccc2)OC(=O)c2ccccc2)[C@H](OCc2ccccc2)C1O. The van der Waals surface area contributed by atoms with E-state index in [0.29, 0.717) is 17.5 Å². The van der Waals surface area contributed by atoms with Crippen molar-refractivity contribution in [3.05, 3.63) is 120 Å². The zero-order valence-corrected chi connectivity index (χ0v) is 21.1. The zero-order chi connectivity index (χ0) is 26.7. The minimum atomic E-state index is -0.904. The van der Waals surface area contributed by atoms with Crippen LogP contribution in [0.2, 0.25) is 0 Å². The normalized spacial score (nSPS) is 21.4. The molecule has 4 rings (SSSR count). The number of esters is 2. The quantitative estimate of drug-likeness (QED) is 0.274. The van der Waals surface area contributed by atoms with Crippen molar-refractivity contribution < 1.29 is 33.6 Å². The number of benzene rings is 3. The predicted octanol–water partition coefficient (Wildman–Crippen LogP) is 4.75. The van der Waals surface area contributed by atoms with Gasteiger partial charge in [0.25, 0.3) is 0 Å². The molecule has 1 aliphatic heterocycles. The van der Waals surface area contributed by atoms with Crippen LogP contribution in [-0.4, -0.2) is 54.2 Å². The standard InChI is InChI=1S/C31H32O7/c1-2-12-26-28(32)29(35-20-22-13-6-3-7-14-22)27(38-26)19-25(37-31(34)24-17-10-5-11-18-24)21-36-30(33)23-15-8-4-9-16-23/h2-11,13-18,25-29,32H,1,12,19-21H2/t25-,26-,27+,28?,29-/m0/s1. The van der Waals surface area contributed by atoms with Crippen LogP contribution in [0.25, 0.3) is 0 Å². The van der Waals surface area contributed by atoms with Crippen LogP contribution in [0.5, 0.6) is 0 Å². The molecule has 198 valence electrons. The van der Waals surface area contributed by atoms with Crippen molar-refractivity contribution in [3.63, 3.8) is 0 Å². The van der Waals surface area contributed by atoms with Gasteiger partial charge in [-0.3, -0.25) is 0 Å². The Bertz CT molecular complexity index is 1170. The molecule has 3 aromatic carbocycles. The fraction of sp³-hybridized carbons (Fsp3) is 0.290. The average Bonchev–Trinajstić information content (AvgIpc) is 3.25. The molecule has 0 aromatic heterocycles. The molecular weight excluding hydrogens is 484 g/mol. The Labute approximate surface area is 222 Å². The molecule has 0 saturated carbocycles. The van der Waals surface area contributed by atoms with Gasteiger partial charge in [0.1, 0.15) is 24.9 Å². The highest BCUT2D eigenvalue weighted by molar-refractivity contribution is 5.90. The van der Waals surface area contributed by atoms with Crippen LogP contribution in [0.4, 0.5) is 0 Å². The van der Waals surface area contributed by atoms with E-state index in [9.17, 15) is 14.7 Å². The lowest BCUT2D eigenvalue weighted by atomic mass is 10.0. The summed E-state index contributed by atoms with van der Waals surface area (Å²) in [6.45, 7) is 3.85. The first-order valence-electron chi connectivity index (χ1n) is 12.6. The van der Waals surface area contributed by atoms with Crippen molar-refractivity contribution in [2.24, 2.45) is 0 Å². The summed E-state index contributed by atoms with van der Waals surface area (Å²) >= 11 is 0. The van der Waals surface area contributed by atoms with Gasteiger partial charge in [-0.25, -0.2) is 9.59 Å². The monoisotopic (exact) mass is 516 g/mol. The zero-order valence-electron chi connectivity index (χ0n) is 21.1. The largest absolute Gasteiger partial charge is 0.458 e. The first kappa shape index (κ1) is 27.3. The molecule has 38 heavy (non-hydrogen) atoms. The fourth-order valence-electron chi connectivity index (χ4n) is 4.36. The number of carbonyl (C=O) groups is 2. The van der Waals surface area contributed by atoms with Crippen molar-refractivity contribution in [2.75, 3.05) is 6.61 Å². The second kappa shape index (κ2) is 13.7. The van der Waals surface area contributed by atoms with Crippen LogP contribution in [-0.2, 0) is 25.6 Å². The Hall–Kier alpha value is -3.78. The lowest BCUT2D eigenvalue weighted by Crippen LogP contribution is -2.38. The fourth-order valence-corrected chi connectivity index (χ4v) is 4.36. The van der Waals surface area contributed by atoms with Crippen LogP contribution >= 0.6 is 0 Å². The van der Waals surface area contributed by atoms with Gasteiger partial charge in [0, 0.05) is 6.42 Å². The molecule has 1 N–H and O–H groups in total. The maximum Gasteiger partial charge on any atom is 0.338 e. The molecule has 0 bridgehead atoms. The average molecular weight is 517 g/mol. The minimum Gasteiger partial charge on any atom is -0.458 e. The van der Waals surface area contributed by atoms with Gasteiger partial charge in [0.15, 0.2) is 0 Å². The highest BCUT2D eigenvalue weighted by Gasteiger charge is 2.45. The van der Waals surface area contributed by atoms with E-state index in [1.54, 1.807) is 66.7 Å². The van der Waals surface area contributed by atoms with Gasteiger partial charge in [0.05, 0.1) is 29.9 Å². The predicted molar refractivity (Wildman–Crippen MR) is 141 cm³/mol. The molecule has 0 spiro atoms. The van der Waals surface area contributed by atoms with Crippen molar-refractivity contribution >= 4 is 11.9 Å². The minimum absolute atomic E-state index is 0.158. The van der Waals surface area contributed by atoms with Gasteiger partial charge in [-0.05, 0) is 36.2 Å². The molecule has 5 atom stereocenters. The Morgan fingerprint density at radius 1 is 0.868 bits per heavy atom. The van der Waals surface area contributed by atoms with E-state index >= 15 is 0 Å². The van der Waals surface area contributed by atoms with E-state index in [0.717, 1.165) is 5.56 Å². The topological polar surface area (TPSA) is 91.3 Å². The van der Waals surface area contributed by atoms with Gasteiger partial charge in [-0.2, -0.15) is 0 Å².